The average molecular weight is 377 g/mol. The molecule has 0 fully saturated rings. The lowest BCUT2D eigenvalue weighted by Gasteiger charge is -2.09. The molecule has 20 heavy (non-hydrogen) atoms. The van der Waals surface area contributed by atoms with Crippen LogP contribution in [0.5, 0.6) is 5.75 Å². The lowest BCUT2D eigenvalue weighted by molar-refractivity contribution is 0.416. The maximum absolute atomic E-state index is 12.1. The van der Waals surface area contributed by atoms with Crippen molar-refractivity contribution in [2.45, 2.75) is 11.4 Å². The van der Waals surface area contributed by atoms with Crippen LogP contribution in [0, 0.1) is 0 Å². The van der Waals surface area contributed by atoms with Gasteiger partial charge >= 0.3 is 0 Å². The zero-order valence-electron chi connectivity index (χ0n) is 10.6. The maximum atomic E-state index is 12.1. The third-order valence-electron chi connectivity index (χ3n) is 2.58. The quantitative estimate of drug-likeness (QED) is 0.785. The van der Waals surface area contributed by atoms with Crippen molar-refractivity contribution >= 4 is 43.0 Å². The van der Waals surface area contributed by atoms with Crippen molar-refractivity contribution in [3.05, 3.63) is 39.0 Å². The van der Waals surface area contributed by atoms with Crippen LogP contribution >= 0.6 is 27.3 Å². The summed E-state index contributed by atoms with van der Waals surface area (Å²) in [5.74, 6) is 0.450. The van der Waals surface area contributed by atoms with Gasteiger partial charge in [0.15, 0.2) is 0 Å². The van der Waals surface area contributed by atoms with Crippen molar-refractivity contribution < 1.29 is 13.2 Å². The van der Waals surface area contributed by atoms with Crippen molar-refractivity contribution in [2.75, 3.05) is 12.8 Å². The highest BCUT2D eigenvalue weighted by Crippen LogP contribution is 2.25. The number of methoxy groups -OCH3 is 1. The van der Waals surface area contributed by atoms with Gasteiger partial charge in [0.2, 0.25) is 10.0 Å². The highest BCUT2D eigenvalue weighted by atomic mass is 79.9. The molecule has 3 N–H and O–H groups in total. The Morgan fingerprint density at radius 3 is 2.65 bits per heavy atom. The first-order valence-electron chi connectivity index (χ1n) is 5.60. The topological polar surface area (TPSA) is 81.4 Å². The second-order valence-corrected chi connectivity index (χ2v) is 8.25. The number of ether oxygens (including phenoxy) is 1. The van der Waals surface area contributed by atoms with E-state index in [0.717, 1.165) is 8.66 Å². The maximum Gasteiger partial charge on any atom is 0.240 e. The van der Waals surface area contributed by atoms with E-state index < -0.39 is 10.0 Å². The Morgan fingerprint density at radius 2 is 2.10 bits per heavy atom. The molecule has 1 aromatic heterocycles. The van der Waals surface area contributed by atoms with E-state index in [1.807, 2.05) is 12.1 Å². The fraction of sp³-hybridized carbons (Fsp3) is 0.167. The highest BCUT2D eigenvalue weighted by Gasteiger charge is 2.15. The Labute approximate surface area is 129 Å². The molecular weight excluding hydrogens is 364 g/mol. The monoisotopic (exact) mass is 376 g/mol. The number of halogens is 1. The van der Waals surface area contributed by atoms with E-state index in [1.165, 1.54) is 36.6 Å². The standard InChI is InChI=1S/C12H13BrN2O3S2/c1-18-11-4-3-9(6-10(11)14)20(16,17)15-7-8-2-5-12(13)19-8/h2-6,15H,7,14H2,1H3. The van der Waals surface area contributed by atoms with Gasteiger partial charge in [-0.25, -0.2) is 13.1 Å². The van der Waals surface area contributed by atoms with E-state index in [2.05, 4.69) is 20.7 Å². The van der Waals surface area contributed by atoms with Crippen LogP contribution in [0.1, 0.15) is 4.88 Å². The van der Waals surface area contributed by atoms with E-state index >= 15 is 0 Å². The summed E-state index contributed by atoms with van der Waals surface area (Å²) in [7, 11) is -2.11. The van der Waals surface area contributed by atoms with Crippen LogP contribution in [-0.4, -0.2) is 15.5 Å². The van der Waals surface area contributed by atoms with Crippen molar-refractivity contribution in [1.29, 1.82) is 0 Å². The van der Waals surface area contributed by atoms with Crippen LogP contribution < -0.4 is 15.2 Å². The molecule has 0 amide bonds. The van der Waals surface area contributed by atoms with Gasteiger partial charge in [-0.3, -0.25) is 0 Å². The number of anilines is 1. The van der Waals surface area contributed by atoms with Crippen molar-refractivity contribution in [3.8, 4) is 5.75 Å². The minimum absolute atomic E-state index is 0.117. The lowest BCUT2D eigenvalue weighted by atomic mass is 10.3. The summed E-state index contributed by atoms with van der Waals surface area (Å²) in [6.45, 7) is 0.241. The molecule has 1 heterocycles. The number of rotatable bonds is 5. The van der Waals surface area contributed by atoms with Gasteiger partial charge < -0.3 is 10.5 Å². The number of nitrogens with two attached hydrogens (primary N) is 1. The molecule has 0 saturated carbocycles. The first-order chi connectivity index (χ1) is 9.42. The smallest absolute Gasteiger partial charge is 0.240 e. The molecule has 0 aliphatic carbocycles. The fourth-order valence-electron chi connectivity index (χ4n) is 1.58. The molecule has 0 saturated heterocycles. The van der Waals surface area contributed by atoms with Gasteiger partial charge in [-0.2, -0.15) is 0 Å². The summed E-state index contributed by atoms with van der Waals surface area (Å²) >= 11 is 4.81. The third kappa shape index (κ3) is 3.51. The molecule has 0 aliphatic heterocycles. The molecule has 0 bridgehead atoms. The molecule has 0 aliphatic rings. The number of hydrogen-bond acceptors (Lipinski definition) is 5. The van der Waals surface area contributed by atoms with E-state index in [-0.39, 0.29) is 17.1 Å². The van der Waals surface area contributed by atoms with Crippen molar-refractivity contribution in [2.24, 2.45) is 0 Å². The number of benzene rings is 1. The fourth-order valence-corrected chi connectivity index (χ4v) is 4.13. The Hall–Kier alpha value is -1.09. The Balaban J connectivity index is 2.15. The molecule has 108 valence electrons. The molecule has 1 aromatic carbocycles. The van der Waals surface area contributed by atoms with E-state index in [9.17, 15) is 8.42 Å². The Kier molecular flexibility index (Phi) is 4.69. The summed E-state index contributed by atoms with van der Waals surface area (Å²) < 4.78 is 32.8. The Bertz CT molecular complexity index is 713. The van der Waals surface area contributed by atoms with Gasteiger partial charge in [0.1, 0.15) is 5.75 Å². The van der Waals surface area contributed by atoms with Crippen LogP contribution in [-0.2, 0) is 16.6 Å². The van der Waals surface area contributed by atoms with Gasteiger partial charge in [-0.05, 0) is 46.3 Å². The van der Waals surface area contributed by atoms with Gasteiger partial charge in [0.05, 0.1) is 21.5 Å². The summed E-state index contributed by atoms with van der Waals surface area (Å²) in [4.78, 5) is 1.04. The largest absolute Gasteiger partial charge is 0.495 e. The first kappa shape index (κ1) is 15.3. The second kappa shape index (κ2) is 6.13. The SMILES string of the molecule is COc1ccc(S(=O)(=O)NCc2ccc(Br)s2)cc1N. The molecular formula is C12H13BrN2O3S2. The predicted octanol–water partition coefficient (Wildman–Crippen LogP) is 2.58. The van der Waals surface area contributed by atoms with Crippen molar-refractivity contribution in [3.63, 3.8) is 0 Å². The minimum Gasteiger partial charge on any atom is -0.495 e. The molecule has 0 unspecified atom stereocenters. The van der Waals surface area contributed by atoms with Gasteiger partial charge in [0.25, 0.3) is 0 Å². The molecule has 0 atom stereocenters. The van der Waals surface area contributed by atoms with Gasteiger partial charge in [-0.15, -0.1) is 11.3 Å². The number of hydrogen-bond donors (Lipinski definition) is 2. The van der Waals surface area contributed by atoms with E-state index in [4.69, 9.17) is 10.5 Å². The number of thiophene rings is 1. The van der Waals surface area contributed by atoms with Crippen LogP contribution in [0.4, 0.5) is 5.69 Å². The molecule has 2 rings (SSSR count). The summed E-state index contributed by atoms with van der Waals surface area (Å²) in [6.07, 6.45) is 0. The van der Waals surface area contributed by atoms with E-state index in [1.54, 1.807) is 0 Å². The number of sulfonamides is 1. The molecule has 0 radical (unpaired) electrons. The number of nitrogens with one attached hydrogen (secondary N) is 1. The predicted molar refractivity (Wildman–Crippen MR) is 83.5 cm³/mol. The molecule has 0 spiro atoms. The lowest BCUT2D eigenvalue weighted by Crippen LogP contribution is -2.22. The van der Waals surface area contributed by atoms with Gasteiger partial charge in [0, 0.05) is 11.4 Å². The van der Waals surface area contributed by atoms with Crippen molar-refractivity contribution in [1.82, 2.24) is 4.72 Å². The number of nitrogen functional groups attached to an aromatic ring is 1. The Morgan fingerprint density at radius 1 is 1.35 bits per heavy atom. The van der Waals surface area contributed by atoms with Crippen LogP contribution in [0.15, 0.2) is 39.0 Å². The van der Waals surface area contributed by atoms with Crippen LogP contribution in [0.2, 0.25) is 0 Å². The first-order valence-corrected chi connectivity index (χ1v) is 8.69. The van der Waals surface area contributed by atoms with Gasteiger partial charge in [-0.1, -0.05) is 0 Å². The van der Waals surface area contributed by atoms with Crippen LogP contribution in [0.3, 0.4) is 0 Å². The molecule has 2 aromatic rings. The minimum atomic E-state index is -3.59. The molecule has 8 heteroatoms. The normalized spacial score (nSPS) is 11.5. The highest BCUT2D eigenvalue weighted by molar-refractivity contribution is 9.11. The summed E-state index contributed by atoms with van der Waals surface area (Å²) in [6, 6.07) is 8.11. The second-order valence-electron chi connectivity index (χ2n) is 3.93. The molecule has 5 nitrogen and oxygen atoms in total. The summed E-state index contributed by atoms with van der Waals surface area (Å²) in [5, 5.41) is 0. The third-order valence-corrected chi connectivity index (χ3v) is 5.60. The zero-order chi connectivity index (χ0) is 14.8. The van der Waals surface area contributed by atoms with Crippen LogP contribution in [0.25, 0.3) is 0 Å². The summed E-state index contributed by atoms with van der Waals surface area (Å²) in [5.41, 5.74) is 6.00. The zero-order valence-corrected chi connectivity index (χ0v) is 13.8. The van der Waals surface area contributed by atoms with E-state index in [0.29, 0.717) is 5.75 Å². The average Bonchev–Trinajstić information content (AvgIpc) is 2.82.